The highest BCUT2D eigenvalue weighted by molar-refractivity contribution is 6.30. The van der Waals surface area contributed by atoms with Gasteiger partial charge in [0.25, 0.3) is 0 Å². The second-order valence-electron chi connectivity index (χ2n) is 7.54. The molecule has 28 heavy (non-hydrogen) atoms. The van der Waals surface area contributed by atoms with Crippen molar-refractivity contribution in [2.75, 3.05) is 0 Å². The summed E-state index contributed by atoms with van der Waals surface area (Å²) in [5.74, 6) is 0.315. The van der Waals surface area contributed by atoms with Crippen molar-refractivity contribution in [1.29, 1.82) is 0 Å². The van der Waals surface area contributed by atoms with E-state index in [1.54, 1.807) is 0 Å². The highest BCUT2D eigenvalue weighted by Crippen LogP contribution is 2.55. The van der Waals surface area contributed by atoms with Crippen molar-refractivity contribution in [2.24, 2.45) is 0 Å². The van der Waals surface area contributed by atoms with Crippen LogP contribution in [-0.2, 0) is 5.41 Å². The van der Waals surface area contributed by atoms with Crippen LogP contribution < -0.4 is 0 Å². The summed E-state index contributed by atoms with van der Waals surface area (Å²) in [6.07, 6.45) is 1.00. The maximum atomic E-state index is 6.36. The molecule has 1 atom stereocenters. The molecule has 4 aromatic rings. The minimum Gasteiger partial charge on any atom is -0.0843 e. The van der Waals surface area contributed by atoms with Crippen molar-refractivity contribution < 1.29 is 0 Å². The predicted molar refractivity (Wildman–Crippen MR) is 117 cm³/mol. The molecule has 0 radical (unpaired) electrons. The number of fused-ring (bicyclic) bond motifs is 1. The molecule has 0 saturated heterocycles. The normalized spacial score (nSPS) is 17.2. The number of rotatable bonds is 3. The third-order valence-corrected chi connectivity index (χ3v) is 6.33. The summed E-state index contributed by atoms with van der Waals surface area (Å²) in [7, 11) is 0. The van der Waals surface area contributed by atoms with Gasteiger partial charge in [0, 0.05) is 16.4 Å². The Morgan fingerprint density at radius 1 is 0.643 bits per heavy atom. The molecule has 1 heteroatoms. The van der Waals surface area contributed by atoms with Crippen LogP contribution in [0.3, 0.4) is 0 Å². The van der Waals surface area contributed by atoms with Gasteiger partial charge >= 0.3 is 0 Å². The van der Waals surface area contributed by atoms with Crippen LogP contribution in [0, 0.1) is 0 Å². The van der Waals surface area contributed by atoms with Gasteiger partial charge in [-0.05, 0) is 46.4 Å². The molecular weight excluding hydrogens is 360 g/mol. The van der Waals surface area contributed by atoms with Gasteiger partial charge in [-0.2, -0.15) is 0 Å². The van der Waals surface area contributed by atoms with Crippen molar-refractivity contribution >= 4 is 11.6 Å². The Bertz CT molecular complexity index is 1060. The summed E-state index contributed by atoms with van der Waals surface area (Å²) in [5.41, 5.74) is 6.62. The average Bonchev–Trinajstić information content (AvgIpc) is 3.12. The fraction of sp³-hybridized carbons (Fsp3) is 0.111. The molecule has 1 unspecified atom stereocenters. The van der Waals surface area contributed by atoms with Gasteiger partial charge in [0.05, 0.1) is 0 Å². The lowest BCUT2D eigenvalue weighted by molar-refractivity contribution is 0.577. The van der Waals surface area contributed by atoms with Crippen molar-refractivity contribution in [3.05, 3.63) is 142 Å². The second-order valence-corrected chi connectivity index (χ2v) is 7.97. The topological polar surface area (TPSA) is 0 Å². The zero-order valence-corrected chi connectivity index (χ0v) is 16.3. The summed E-state index contributed by atoms with van der Waals surface area (Å²) in [6.45, 7) is 0. The highest BCUT2D eigenvalue weighted by Gasteiger charge is 2.46. The Balaban J connectivity index is 1.79. The highest BCUT2D eigenvalue weighted by atomic mass is 35.5. The Morgan fingerprint density at radius 3 is 1.89 bits per heavy atom. The molecule has 4 aromatic carbocycles. The van der Waals surface area contributed by atoms with Gasteiger partial charge in [-0.15, -0.1) is 0 Å². The van der Waals surface area contributed by atoms with Gasteiger partial charge < -0.3 is 0 Å². The maximum Gasteiger partial charge on any atom is 0.0463 e. The molecule has 0 saturated carbocycles. The number of hydrogen-bond acceptors (Lipinski definition) is 0. The molecule has 136 valence electrons. The van der Waals surface area contributed by atoms with Crippen LogP contribution in [0.25, 0.3) is 0 Å². The Kier molecular flexibility index (Phi) is 4.30. The summed E-state index contributed by atoms with van der Waals surface area (Å²) >= 11 is 6.36. The molecule has 0 aromatic heterocycles. The van der Waals surface area contributed by atoms with Gasteiger partial charge in [-0.3, -0.25) is 0 Å². The maximum absolute atomic E-state index is 6.36. The molecule has 1 aliphatic carbocycles. The van der Waals surface area contributed by atoms with E-state index in [0.29, 0.717) is 5.92 Å². The Labute approximate surface area is 171 Å². The molecule has 0 amide bonds. The van der Waals surface area contributed by atoms with Crippen LogP contribution in [0.1, 0.15) is 40.2 Å². The summed E-state index contributed by atoms with van der Waals surface area (Å²) < 4.78 is 0. The molecule has 0 bridgehead atoms. The van der Waals surface area contributed by atoms with E-state index in [4.69, 9.17) is 11.6 Å². The minimum atomic E-state index is -0.161. The van der Waals surface area contributed by atoms with Crippen LogP contribution in [0.15, 0.2) is 109 Å². The summed E-state index contributed by atoms with van der Waals surface area (Å²) in [5, 5.41) is 0.798. The molecule has 0 heterocycles. The van der Waals surface area contributed by atoms with E-state index in [-0.39, 0.29) is 5.41 Å². The summed E-state index contributed by atoms with van der Waals surface area (Å²) in [6, 6.07) is 39.1. The van der Waals surface area contributed by atoms with Crippen LogP contribution in [0.2, 0.25) is 5.02 Å². The van der Waals surface area contributed by atoms with Gasteiger partial charge in [0.15, 0.2) is 0 Å². The van der Waals surface area contributed by atoms with Crippen LogP contribution in [0.5, 0.6) is 0 Å². The number of benzene rings is 4. The lowest BCUT2D eigenvalue weighted by atomic mass is 9.69. The van der Waals surface area contributed by atoms with E-state index in [1.807, 2.05) is 6.07 Å². The van der Waals surface area contributed by atoms with Crippen LogP contribution in [-0.4, -0.2) is 0 Å². The largest absolute Gasteiger partial charge is 0.0843 e. The first-order chi connectivity index (χ1) is 13.8. The first kappa shape index (κ1) is 17.3. The van der Waals surface area contributed by atoms with Crippen molar-refractivity contribution in [1.82, 2.24) is 0 Å². The van der Waals surface area contributed by atoms with Crippen molar-refractivity contribution in [3.63, 3.8) is 0 Å². The molecule has 0 N–H and O–H groups in total. The minimum absolute atomic E-state index is 0.161. The van der Waals surface area contributed by atoms with Gasteiger partial charge in [0.1, 0.15) is 0 Å². The zero-order valence-electron chi connectivity index (χ0n) is 15.6. The Morgan fingerprint density at radius 2 is 1.25 bits per heavy atom. The second kappa shape index (κ2) is 6.96. The zero-order chi connectivity index (χ0) is 19.0. The summed E-state index contributed by atoms with van der Waals surface area (Å²) in [4.78, 5) is 0. The van der Waals surface area contributed by atoms with E-state index in [9.17, 15) is 0 Å². The molecule has 1 aliphatic rings. The average molecular weight is 381 g/mol. The van der Waals surface area contributed by atoms with E-state index in [1.165, 1.54) is 27.8 Å². The molecule has 5 rings (SSSR count). The van der Waals surface area contributed by atoms with Crippen molar-refractivity contribution in [2.45, 2.75) is 17.8 Å². The van der Waals surface area contributed by atoms with E-state index in [2.05, 4.69) is 103 Å². The quantitative estimate of drug-likeness (QED) is 0.352. The Hall–Kier alpha value is -2.83. The van der Waals surface area contributed by atoms with Crippen LogP contribution in [0.4, 0.5) is 0 Å². The van der Waals surface area contributed by atoms with E-state index >= 15 is 0 Å². The smallest absolute Gasteiger partial charge is 0.0463 e. The van der Waals surface area contributed by atoms with Crippen molar-refractivity contribution in [3.8, 4) is 0 Å². The number of hydrogen-bond donors (Lipinski definition) is 0. The lowest BCUT2D eigenvalue weighted by Crippen LogP contribution is -2.26. The third-order valence-electron chi connectivity index (χ3n) is 6.09. The van der Waals surface area contributed by atoms with E-state index in [0.717, 1.165) is 11.4 Å². The predicted octanol–water partition coefficient (Wildman–Crippen LogP) is 7.21. The number of halogens is 1. The molecule has 0 aliphatic heterocycles. The molecule has 0 fully saturated rings. The third kappa shape index (κ3) is 2.68. The molecule has 0 nitrogen and oxygen atoms in total. The van der Waals surface area contributed by atoms with Crippen LogP contribution >= 0.6 is 11.6 Å². The van der Waals surface area contributed by atoms with E-state index < -0.39 is 0 Å². The fourth-order valence-corrected chi connectivity index (χ4v) is 5.09. The fourth-order valence-electron chi connectivity index (χ4n) is 4.90. The lowest BCUT2D eigenvalue weighted by Gasteiger charge is -2.32. The monoisotopic (exact) mass is 380 g/mol. The first-order valence-electron chi connectivity index (χ1n) is 9.75. The first-order valence-corrected chi connectivity index (χ1v) is 10.1. The SMILES string of the molecule is Clc1cccc(C2CC(c3ccccc3)(c3ccccc3)c3ccccc32)c1. The molecule has 0 spiro atoms. The molecular formula is C27H21Cl. The van der Waals surface area contributed by atoms with Gasteiger partial charge in [-0.1, -0.05) is 109 Å². The standard InChI is InChI=1S/C27H21Cl/c28-23-15-9-10-20(18-23)25-19-27(21-11-3-1-4-12-21,22-13-5-2-6-14-22)26-17-8-7-16-24(25)26/h1-18,25H,19H2. The van der Waals surface area contributed by atoms with Gasteiger partial charge in [0.2, 0.25) is 0 Å². The van der Waals surface area contributed by atoms with Gasteiger partial charge in [-0.25, -0.2) is 0 Å².